The Labute approximate surface area is 208 Å². The lowest BCUT2D eigenvalue weighted by Crippen LogP contribution is -2.34. The number of aromatic nitrogens is 1. The van der Waals surface area contributed by atoms with Crippen molar-refractivity contribution in [2.45, 2.75) is 50.0 Å². The van der Waals surface area contributed by atoms with Gasteiger partial charge in [-0.1, -0.05) is 42.3 Å². The van der Waals surface area contributed by atoms with Gasteiger partial charge in [0.05, 0.1) is 17.9 Å². The van der Waals surface area contributed by atoms with Crippen molar-refractivity contribution in [3.63, 3.8) is 0 Å². The number of rotatable bonds is 7. The van der Waals surface area contributed by atoms with Crippen LogP contribution in [-0.4, -0.2) is 35.5 Å². The number of piperidine rings is 1. The third kappa shape index (κ3) is 4.02. The van der Waals surface area contributed by atoms with E-state index in [1.54, 1.807) is 11.3 Å². The van der Waals surface area contributed by atoms with E-state index in [1.165, 1.54) is 19.3 Å². The van der Waals surface area contributed by atoms with E-state index in [9.17, 15) is 4.79 Å². The molecule has 1 unspecified atom stereocenters. The van der Waals surface area contributed by atoms with Gasteiger partial charge in [-0.05, 0) is 68.1 Å². The molecule has 2 aliphatic heterocycles. The van der Waals surface area contributed by atoms with Gasteiger partial charge < -0.3 is 9.47 Å². The molecule has 1 saturated carbocycles. The third-order valence-corrected chi connectivity index (χ3v) is 8.71. The second-order valence-corrected chi connectivity index (χ2v) is 11.0. The van der Waals surface area contributed by atoms with Crippen molar-refractivity contribution in [3.8, 4) is 11.5 Å². The summed E-state index contributed by atoms with van der Waals surface area (Å²) in [5.74, 6) is 1.72. The lowest BCUT2D eigenvalue weighted by atomic mass is 9.89. The molecule has 34 heavy (non-hydrogen) atoms. The summed E-state index contributed by atoms with van der Waals surface area (Å²) in [6.45, 7) is 2.34. The van der Waals surface area contributed by atoms with Gasteiger partial charge in [-0.25, -0.2) is 4.98 Å². The largest absolute Gasteiger partial charge is 0.454 e. The molecule has 0 N–H and O–H groups in total. The van der Waals surface area contributed by atoms with Gasteiger partial charge in [0.2, 0.25) is 6.79 Å². The fourth-order valence-corrected chi connectivity index (χ4v) is 6.60. The van der Waals surface area contributed by atoms with Gasteiger partial charge in [0, 0.05) is 16.1 Å². The van der Waals surface area contributed by atoms with Crippen LogP contribution in [0.2, 0.25) is 5.02 Å². The number of Topliss-reactive ketones (excluding diaryl/α,β-unsaturated/α-hetero) is 1. The van der Waals surface area contributed by atoms with Crippen molar-refractivity contribution in [1.82, 2.24) is 9.88 Å². The SMILES string of the molecule is O=C(Cc1ncc(C(c2ccccc2Cl)N2CCCCC2)s1)C1(c2ccc3c(c2)OCO3)CC1. The molecule has 2 aromatic carbocycles. The number of hydrogen-bond acceptors (Lipinski definition) is 6. The molecule has 7 heteroatoms. The Bertz CT molecular complexity index is 1220. The van der Waals surface area contributed by atoms with Crippen LogP contribution in [0.3, 0.4) is 0 Å². The van der Waals surface area contributed by atoms with Crippen LogP contribution in [0.4, 0.5) is 0 Å². The smallest absolute Gasteiger partial charge is 0.231 e. The van der Waals surface area contributed by atoms with Crippen LogP contribution in [0.25, 0.3) is 0 Å². The first-order valence-corrected chi connectivity index (χ1v) is 13.2. The van der Waals surface area contributed by atoms with Crippen molar-refractivity contribution in [2.75, 3.05) is 19.9 Å². The molecule has 176 valence electrons. The average molecular weight is 495 g/mol. The second kappa shape index (κ2) is 8.99. The number of ketones is 1. The summed E-state index contributed by atoms with van der Waals surface area (Å²) in [6, 6.07) is 14.1. The van der Waals surface area contributed by atoms with E-state index in [0.717, 1.165) is 63.5 Å². The summed E-state index contributed by atoms with van der Waals surface area (Å²) in [6.07, 6.45) is 7.73. The van der Waals surface area contributed by atoms with Crippen molar-refractivity contribution < 1.29 is 14.3 Å². The molecule has 0 spiro atoms. The number of nitrogens with zero attached hydrogens (tertiary/aromatic N) is 2. The van der Waals surface area contributed by atoms with Gasteiger partial charge in [0.25, 0.3) is 0 Å². The molecule has 1 atom stereocenters. The van der Waals surface area contributed by atoms with E-state index >= 15 is 0 Å². The van der Waals surface area contributed by atoms with E-state index in [-0.39, 0.29) is 18.6 Å². The standard InChI is InChI=1S/C27H27ClN2O3S/c28-20-7-3-2-6-19(20)26(30-12-4-1-5-13-30)23-16-29-25(34-23)15-24(31)27(10-11-27)18-8-9-21-22(14-18)33-17-32-21/h2-3,6-9,14,16,26H,1,4-5,10-13,15,17H2. The number of likely N-dealkylation sites (tertiary alicyclic amines) is 1. The number of carbonyl (C=O) groups excluding carboxylic acids is 1. The fourth-order valence-electron chi connectivity index (χ4n) is 5.29. The lowest BCUT2D eigenvalue weighted by molar-refractivity contribution is -0.120. The minimum absolute atomic E-state index is 0.0825. The van der Waals surface area contributed by atoms with Crippen LogP contribution in [0.5, 0.6) is 11.5 Å². The molecule has 1 aliphatic carbocycles. The highest BCUT2D eigenvalue weighted by atomic mass is 35.5. The van der Waals surface area contributed by atoms with Crippen molar-refractivity contribution in [2.24, 2.45) is 0 Å². The Morgan fingerprint density at radius 2 is 1.88 bits per heavy atom. The zero-order valence-electron chi connectivity index (χ0n) is 19.0. The van der Waals surface area contributed by atoms with Gasteiger partial charge in [-0.2, -0.15) is 0 Å². The number of fused-ring (bicyclic) bond motifs is 1. The van der Waals surface area contributed by atoms with Crippen molar-refractivity contribution in [3.05, 3.63) is 74.7 Å². The molecule has 1 saturated heterocycles. The molecule has 0 bridgehead atoms. The first-order valence-electron chi connectivity index (χ1n) is 12.0. The molecule has 3 aliphatic rings. The van der Waals surface area contributed by atoms with Crippen LogP contribution >= 0.6 is 22.9 Å². The number of hydrogen-bond donors (Lipinski definition) is 0. The quantitative estimate of drug-likeness (QED) is 0.406. The summed E-state index contributed by atoms with van der Waals surface area (Å²) < 4.78 is 11.0. The summed E-state index contributed by atoms with van der Waals surface area (Å²) in [5.41, 5.74) is 1.73. The van der Waals surface area contributed by atoms with E-state index in [1.807, 2.05) is 42.6 Å². The predicted octanol–water partition coefficient (Wildman–Crippen LogP) is 5.94. The molecule has 3 aromatic rings. The third-order valence-electron chi connectivity index (χ3n) is 7.32. The Morgan fingerprint density at radius 1 is 1.09 bits per heavy atom. The zero-order chi connectivity index (χ0) is 23.1. The summed E-state index contributed by atoms with van der Waals surface area (Å²) in [5, 5.41) is 1.66. The maximum absolute atomic E-state index is 13.5. The minimum Gasteiger partial charge on any atom is -0.454 e. The predicted molar refractivity (Wildman–Crippen MR) is 133 cm³/mol. The van der Waals surface area contributed by atoms with Crippen LogP contribution in [0.1, 0.15) is 59.2 Å². The highest BCUT2D eigenvalue weighted by Crippen LogP contribution is 2.51. The van der Waals surface area contributed by atoms with Crippen LogP contribution in [-0.2, 0) is 16.6 Å². The number of thiazole rings is 1. The maximum atomic E-state index is 13.5. The molecule has 1 aromatic heterocycles. The second-order valence-electron chi connectivity index (χ2n) is 9.43. The average Bonchev–Trinajstić information content (AvgIpc) is 3.33. The fraction of sp³-hybridized carbons (Fsp3) is 0.407. The summed E-state index contributed by atoms with van der Waals surface area (Å²) >= 11 is 8.29. The van der Waals surface area contributed by atoms with E-state index in [0.29, 0.717) is 6.42 Å². The normalized spacial score (nSPS) is 19.7. The first kappa shape index (κ1) is 22.1. The van der Waals surface area contributed by atoms with E-state index < -0.39 is 5.41 Å². The number of halogens is 1. The molecule has 0 amide bonds. The van der Waals surface area contributed by atoms with Gasteiger partial charge in [-0.3, -0.25) is 9.69 Å². The summed E-state index contributed by atoms with van der Waals surface area (Å²) in [4.78, 5) is 21.8. The molecule has 0 radical (unpaired) electrons. The Kier molecular flexibility index (Phi) is 5.84. The van der Waals surface area contributed by atoms with Crippen molar-refractivity contribution in [1.29, 1.82) is 0 Å². The topological polar surface area (TPSA) is 51.7 Å². The molecule has 6 rings (SSSR count). The maximum Gasteiger partial charge on any atom is 0.231 e. The Balaban J connectivity index is 1.25. The molecule has 3 heterocycles. The van der Waals surface area contributed by atoms with E-state index in [4.69, 9.17) is 26.1 Å². The van der Waals surface area contributed by atoms with Gasteiger partial charge in [0.15, 0.2) is 11.5 Å². The lowest BCUT2D eigenvalue weighted by Gasteiger charge is -2.34. The van der Waals surface area contributed by atoms with Crippen LogP contribution in [0, 0.1) is 0 Å². The Hall–Kier alpha value is -2.41. The van der Waals surface area contributed by atoms with Gasteiger partial charge >= 0.3 is 0 Å². The molecular weight excluding hydrogens is 468 g/mol. The minimum atomic E-state index is -0.415. The monoisotopic (exact) mass is 494 g/mol. The van der Waals surface area contributed by atoms with Gasteiger partial charge in [0.1, 0.15) is 10.8 Å². The van der Waals surface area contributed by atoms with Crippen LogP contribution < -0.4 is 9.47 Å². The molecule has 2 fully saturated rings. The number of benzene rings is 2. The summed E-state index contributed by atoms with van der Waals surface area (Å²) in [7, 11) is 0. The number of ether oxygens (including phenoxy) is 2. The van der Waals surface area contributed by atoms with Gasteiger partial charge in [-0.15, -0.1) is 11.3 Å². The zero-order valence-corrected chi connectivity index (χ0v) is 20.5. The van der Waals surface area contributed by atoms with Crippen molar-refractivity contribution >= 4 is 28.7 Å². The molecular formula is C27H27ClN2O3S. The first-order chi connectivity index (χ1) is 16.6. The highest BCUT2D eigenvalue weighted by Gasteiger charge is 2.51. The molecule has 5 nitrogen and oxygen atoms in total. The van der Waals surface area contributed by atoms with E-state index in [2.05, 4.69) is 11.0 Å². The number of carbonyl (C=O) groups is 1. The van der Waals surface area contributed by atoms with Crippen LogP contribution in [0.15, 0.2) is 48.7 Å². The highest BCUT2D eigenvalue weighted by molar-refractivity contribution is 7.11. The Morgan fingerprint density at radius 3 is 2.68 bits per heavy atom.